The first-order valence-corrected chi connectivity index (χ1v) is 11.2. The summed E-state index contributed by atoms with van der Waals surface area (Å²) in [7, 11) is 0.200. The Kier molecular flexibility index (Phi) is 4.72. The minimum absolute atomic E-state index is 0.305. The Morgan fingerprint density at radius 3 is 2.36 bits per heavy atom. The average Bonchev–Trinajstić information content (AvgIpc) is 2.89. The lowest BCUT2D eigenvalue weighted by Crippen LogP contribution is -2.50. The molecule has 2 rings (SSSR count). The number of hydrogen-bond acceptors (Lipinski definition) is 1. The predicted octanol–water partition coefficient (Wildman–Crippen LogP) is 5.15. The van der Waals surface area contributed by atoms with Crippen molar-refractivity contribution >= 4 is 13.3 Å². The van der Waals surface area contributed by atoms with Gasteiger partial charge >= 0.3 is 0 Å². The normalized spacial score (nSPS) is 15.1. The van der Waals surface area contributed by atoms with Gasteiger partial charge in [0, 0.05) is 0 Å². The second kappa shape index (κ2) is 6.08. The minimum Gasteiger partial charge on any atom is -0.497 e. The maximum atomic E-state index is 5.91. The molecule has 0 amide bonds. The number of hydrogen-bond donors (Lipinski definition) is 0. The van der Waals surface area contributed by atoms with E-state index in [1.165, 1.54) is 21.9 Å². The molecule has 0 atom stereocenters. The van der Waals surface area contributed by atoms with Crippen LogP contribution in [0, 0.1) is 6.92 Å². The topological polar surface area (TPSA) is 9.23 Å². The molecular weight excluding hydrogens is 284 g/mol. The number of allylic oxidation sites excluding steroid dienone is 4. The van der Waals surface area contributed by atoms with Gasteiger partial charge in [0.1, 0.15) is 5.75 Å². The largest absolute Gasteiger partial charge is 0.497 e. The maximum Gasteiger partial charge on any atom is 0.121 e. The first-order valence-electron chi connectivity index (χ1n) is 8.19. The van der Waals surface area contributed by atoms with E-state index in [4.69, 9.17) is 4.74 Å². The smallest absolute Gasteiger partial charge is 0.121 e. The predicted molar refractivity (Wildman–Crippen MR) is 100 cm³/mol. The highest BCUT2D eigenvalue weighted by atomic mass is 28.3. The zero-order valence-corrected chi connectivity index (χ0v) is 16.2. The average molecular weight is 315 g/mol. The molecule has 1 aliphatic carbocycles. The van der Waals surface area contributed by atoms with Gasteiger partial charge in [0.2, 0.25) is 0 Å². The summed E-state index contributed by atoms with van der Waals surface area (Å²) < 4.78 is 5.91. The summed E-state index contributed by atoms with van der Waals surface area (Å²) in [6.07, 6.45) is 8.71. The van der Waals surface area contributed by atoms with Gasteiger partial charge in [0.05, 0.1) is 15.2 Å². The lowest BCUT2D eigenvalue weighted by atomic mass is 10.0. The summed E-state index contributed by atoms with van der Waals surface area (Å²) in [5.74, 6) is 1.13. The molecule has 1 aromatic carbocycles. The molecule has 0 radical (unpaired) electrons. The maximum absolute atomic E-state index is 5.91. The molecule has 0 heterocycles. The van der Waals surface area contributed by atoms with Crippen LogP contribution < -0.4 is 9.92 Å². The molecule has 0 N–H and O–H groups in total. The van der Waals surface area contributed by atoms with Crippen LogP contribution in [-0.2, 0) is 6.42 Å². The van der Waals surface area contributed by atoms with Crippen LogP contribution >= 0.6 is 0 Å². The highest BCUT2D eigenvalue weighted by Crippen LogP contribution is 2.38. The summed E-state index contributed by atoms with van der Waals surface area (Å²) >= 11 is 0. The molecule has 0 fully saturated rings. The van der Waals surface area contributed by atoms with Crippen LogP contribution in [-0.4, -0.2) is 15.2 Å². The molecule has 0 saturated carbocycles. The van der Waals surface area contributed by atoms with Gasteiger partial charge in [-0.25, -0.2) is 0 Å². The molecule has 0 bridgehead atoms. The van der Waals surface area contributed by atoms with Crippen molar-refractivity contribution in [1.82, 2.24) is 0 Å². The second-order valence-electron chi connectivity index (χ2n) is 8.01. The lowest BCUT2D eigenvalue weighted by molar-refractivity contribution is 0.413. The van der Waals surface area contributed by atoms with Gasteiger partial charge in [0.25, 0.3) is 0 Å². The van der Waals surface area contributed by atoms with E-state index in [9.17, 15) is 0 Å². The van der Waals surface area contributed by atoms with Crippen LogP contribution in [0.2, 0.25) is 18.1 Å². The standard InChI is InChI=1S/C20H30OSi/c1-15-12-17(14-16-10-8-9-11-16)19(21-5)18(13-15)22(6,7)20(2,3)4/h8-10,12-13H,11,14H2,1-7H3. The van der Waals surface area contributed by atoms with E-state index in [1.807, 2.05) is 7.11 Å². The van der Waals surface area contributed by atoms with Crippen molar-refractivity contribution in [2.24, 2.45) is 0 Å². The van der Waals surface area contributed by atoms with Crippen molar-refractivity contribution in [3.8, 4) is 5.75 Å². The molecule has 0 unspecified atom stereocenters. The van der Waals surface area contributed by atoms with Gasteiger partial charge in [0.15, 0.2) is 0 Å². The van der Waals surface area contributed by atoms with Crippen LogP contribution in [0.1, 0.15) is 38.3 Å². The summed E-state index contributed by atoms with van der Waals surface area (Å²) in [6.45, 7) is 14.2. The monoisotopic (exact) mass is 314 g/mol. The van der Waals surface area contributed by atoms with Crippen LogP contribution in [0.5, 0.6) is 5.75 Å². The van der Waals surface area contributed by atoms with Gasteiger partial charge in [-0.15, -0.1) is 0 Å². The third-order valence-electron chi connectivity index (χ3n) is 5.33. The fraction of sp³-hybridized carbons (Fsp3) is 0.500. The number of rotatable bonds is 4. The first-order chi connectivity index (χ1) is 10.2. The van der Waals surface area contributed by atoms with Crippen LogP contribution in [0.3, 0.4) is 0 Å². The van der Waals surface area contributed by atoms with E-state index in [1.54, 1.807) is 0 Å². The van der Waals surface area contributed by atoms with E-state index in [2.05, 4.69) is 71.1 Å². The summed E-state index contributed by atoms with van der Waals surface area (Å²) in [5.41, 5.74) is 4.17. The summed E-state index contributed by atoms with van der Waals surface area (Å²) in [6, 6.07) is 4.66. The fourth-order valence-electron chi connectivity index (χ4n) is 2.96. The Labute approximate surface area is 137 Å². The van der Waals surface area contributed by atoms with Crippen LogP contribution in [0.25, 0.3) is 0 Å². The van der Waals surface area contributed by atoms with E-state index in [-0.39, 0.29) is 0 Å². The number of methoxy groups -OCH3 is 1. The van der Waals surface area contributed by atoms with Crippen LogP contribution in [0.15, 0.2) is 35.9 Å². The van der Waals surface area contributed by atoms with Gasteiger partial charge in [-0.1, -0.05) is 75.4 Å². The second-order valence-corrected chi connectivity index (χ2v) is 13.3. The zero-order chi connectivity index (χ0) is 16.5. The van der Waals surface area contributed by atoms with Gasteiger partial charge in [-0.3, -0.25) is 0 Å². The van der Waals surface area contributed by atoms with E-state index >= 15 is 0 Å². The quantitative estimate of drug-likeness (QED) is 0.699. The molecule has 1 aliphatic rings. The third-order valence-corrected chi connectivity index (χ3v) is 10.8. The third kappa shape index (κ3) is 3.22. The molecule has 1 aromatic rings. The molecule has 0 aliphatic heterocycles. The lowest BCUT2D eigenvalue weighted by Gasteiger charge is -2.38. The van der Waals surface area contributed by atoms with Crippen LogP contribution in [0.4, 0.5) is 0 Å². The molecule has 0 aromatic heterocycles. The number of aryl methyl sites for hydroxylation is 1. The van der Waals surface area contributed by atoms with Gasteiger partial charge < -0.3 is 4.74 Å². The molecule has 2 heteroatoms. The zero-order valence-electron chi connectivity index (χ0n) is 15.2. The highest BCUT2D eigenvalue weighted by Gasteiger charge is 2.39. The van der Waals surface area contributed by atoms with Gasteiger partial charge in [-0.2, -0.15) is 0 Å². The summed E-state index contributed by atoms with van der Waals surface area (Å²) in [4.78, 5) is 0. The van der Waals surface area contributed by atoms with Crippen molar-refractivity contribution in [2.75, 3.05) is 7.11 Å². The van der Waals surface area contributed by atoms with E-state index in [0.29, 0.717) is 5.04 Å². The number of ether oxygens (including phenoxy) is 1. The van der Waals surface area contributed by atoms with Gasteiger partial charge in [-0.05, 0) is 35.6 Å². The van der Waals surface area contributed by atoms with Crippen molar-refractivity contribution < 1.29 is 4.74 Å². The SMILES string of the molecule is COc1c(CC2=CC=CC2)cc(C)cc1[Si](C)(C)C(C)(C)C. The Morgan fingerprint density at radius 2 is 1.86 bits per heavy atom. The molecular formula is C20H30OSi. The van der Waals surface area contributed by atoms with Crippen molar-refractivity contribution in [3.05, 3.63) is 47.1 Å². The van der Waals surface area contributed by atoms with Crippen molar-refractivity contribution in [1.29, 1.82) is 0 Å². The minimum atomic E-state index is -1.63. The fourth-order valence-corrected chi connectivity index (χ4v) is 5.18. The molecule has 0 saturated heterocycles. The van der Waals surface area contributed by atoms with E-state index in [0.717, 1.165) is 18.6 Å². The van der Waals surface area contributed by atoms with Crippen molar-refractivity contribution in [2.45, 2.75) is 58.7 Å². The van der Waals surface area contributed by atoms with Crippen molar-refractivity contribution in [3.63, 3.8) is 0 Å². The molecule has 120 valence electrons. The Morgan fingerprint density at radius 1 is 1.18 bits per heavy atom. The molecule has 0 spiro atoms. The Bertz CT molecular complexity index is 615. The Hall–Kier alpha value is -1.28. The Balaban J connectivity index is 2.53. The highest BCUT2D eigenvalue weighted by molar-refractivity contribution is 6.92. The first kappa shape index (κ1) is 17.1. The molecule has 1 nitrogen and oxygen atoms in total. The summed E-state index contributed by atoms with van der Waals surface area (Å²) in [5, 5.41) is 1.77. The molecule has 22 heavy (non-hydrogen) atoms. The number of benzene rings is 1. The van der Waals surface area contributed by atoms with E-state index < -0.39 is 8.07 Å².